The summed E-state index contributed by atoms with van der Waals surface area (Å²) in [7, 11) is 0. The second kappa shape index (κ2) is 4.57. The van der Waals surface area contributed by atoms with Gasteiger partial charge in [-0.3, -0.25) is 4.79 Å². The van der Waals surface area contributed by atoms with E-state index in [0.717, 1.165) is 41.7 Å². The highest BCUT2D eigenvalue weighted by molar-refractivity contribution is 5.83. The van der Waals surface area contributed by atoms with Crippen LogP contribution in [-0.4, -0.2) is 11.3 Å². The van der Waals surface area contributed by atoms with Crippen molar-refractivity contribution in [1.82, 2.24) is 4.98 Å². The number of aryl methyl sites for hydroxylation is 1. The van der Waals surface area contributed by atoms with Crippen molar-refractivity contribution in [3.63, 3.8) is 0 Å². The molecule has 0 fully saturated rings. The average molecular weight is 235 g/mol. The molecule has 0 spiro atoms. The monoisotopic (exact) mass is 235 g/mol. The van der Waals surface area contributed by atoms with E-state index in [-0.39, 0.29) is 0 Å². The predicted molar refractivity (Wildman–Crippen MR) is 72.0 cm³/mol. The average Bonchev–Trinajstić information content (AvgIpc) is 2.47. The van der Waals surface area contributed by atoms with Crippen LogP contribution in [0.15, 0.2) is 48.0 Å². The molecule has 0 bridgehead atoms. The summed E-state index contributed by atoms with van der Waals surface area (Å²) in [4.78, 5) is 15.5. The lowest BCUT2D eigenvalue weighted by Gasteiger charge is -2.13. The number of pyridine rings is 1. The second-order valence-corrected chi connectivity index (χ2v) is 4.44. The Morgan fingerprint density at radius 3 is 2.61 bits per heavy atom. The molecule has 0 saturated heterocycles. The molecule has 2 heteroatoms. The van der Waals surface area contributed by atoms with Gasteiger partial charge in [0.1, 0.15) is 6.29 Å². The molecular weight excluding hydrogens is 222 g/mol. The molecule has 0 N–H and O–H groups in total. The minimum Gasteiger partial charge on any atom is -0.298 e. The molecule has 1 heterocycles. The molecule has 1 aliphatic rings. The number of nitrogens with zero attached hydrogens (tertiary/aromatic N) is 1. The lowest BCUT2D eigenvalue weighted by Crippen LogP contribution is -2.03. The van der Waals surface area contributed by atoms with Gasteiger partial charge >= 0.3 is 0 Å². The van der Waals surface area contributed by atoms with Crippen molar-refractivity contribution in [2.24, 2.45) is 0 Å². The van der Waals surface area contributed by atoms with Gasteiger partial charge in [-0.05, 0) is 36.1 Å². The first-order valence-corrected chi connectivity index (χ1v) is 6.08. The normalized spacial score (nSPS) is 13.7. The Labute approximate surface area is 106 Å². The predicted octanol–water partition coefficient (Wildman–Crippen LogP) is 3.28. The Morgan fingerprint density at radius 2 is 1.83 bits per heavy atom. The third-order valence-electron chi connectivity index (χ3n) is 3.24. The number of aldehydes is 1. The third kappa shape index (κ3) is 1.97. The Hall–Kier alpha value is -2.22. The summed E-state index contributed by atoms with van der Waals surface area (Å²) in [6.45, 7) is 0. The zero-order chi connectivity index (χ0) is 12.4. The van der Waals surface area contributed by atoms with E-state index >= 15 is 0 Å². The van der Waals surface area contributed by atoms with Crippen molar-refractivity contribution >= 4 is 12.4 Å². The molecule has 1 aromatic heterocycles. The lowest BCUT2D eigenvalue weighted by atomic mass is 9.96. The van der Waals surface area contributed by atoms with Crippen LogP contribution in [-0.2, 0) is 11.2 Å². The van der Waals surface area contributed by atoms with Gasteiger partial charge < -0.3 is 0 Å². The number of carbonyl (C=O) groups excluding carboxylic acids is 1. The Bertz CT molecular complexity index is 614. The standard InChI is InChI=1S/C16H13NO/c18-11-12-6-7-14-8-9-15(17-16(14)10-12)13-4-2-1-3-5-13/h1-5,8-11H,6-7H2. The fraction of sp³-hybridized carbons (Fsp3) is 0.125. The first-order valence-electron chi connectivity index (χ1n) is 6.08. The van der Waals surface area contributed by atoms with Crippen LogP contribution < -0.4 is 0 Å². The molecule has 2 nitrogen and oxygen atoms in total. The van der Waals surface area contributed by atoms with E-state index in [4.69, 9.17) is 0 Å². The summed E-state index contributed by atoms with van der Waals surface area (Å²) in [6.07, 6.45) is 4.56. The molecule has 2 aromatic rings. The van der Waals surface area contributed by atoms with E-state index in [9.17, 15) is 4.79 Å². The van der Waals surface area contributed by atoms with E-state index in [0.29, 0.717) is 0 Å². The van der Waals surface area contributed by atoms with Gasteiger partial charge in [-0.2, -0.15) is 0 Å². The van der Waals surface area contributed by atoms with Gasteiger partial charge in [-0.1, -0.05) is 36.4 Å². The highest BCUT2D eigenvalue weighted by Crippen LogP contribution is 2.25. The van der Waals surface area contributed by atoms with Crippen LogP contribution in [0.5, 0.6) is 0 Å². The summed E-state index contributed by atoms with van der Waals surface area (Å²) in [5.74, 6) is 0. The van der Waals surface area contributed by atoms with Gasteiger partial charge in [0.2, 0.25) is 0 Å². The zero-order valence-corrected chi connectivity index (χ0v) is 9.97. The molecule has 0 amide bonds. The van der Waals surface area contributed by atoms with Crippen LogP contribution in [0.3, 0.4) is 0 Å². The SMILES string of the molecule is O=CC1=Cc2nc(-c3ccccc3)ccc2CC1. The smallest absolute Gasteiger partial charge is 0.146 e. The topological polar surface area (TPSA) is 30.0 Å². The van der Waals surface area contributed by atoms with Crippen LogP contribution in [0.1, 0.15) is 17.7 Å². The molecular formula is C16H13NO. The summed E-state index contributed by atoms with van der Waals surface area (Å²) in [5, 5.41) is 0. The van der Waals surface area contributed by atoms with Gasteiger partial charge in [0.25, 0.3) is 0 Å². The largest absolute Gasteiger partial charge is 0.298 e. The number of hydrogen-bond donors (Lipinski definition) is 0. The Balaban J connectivity index is 2.07. The zero-order valence-electron chi connectivity index (χ0n) is 9.97. The van der Waals surface area contributed by atoms with Crippen molar-refractivity contribution in [2.45, 2.75) is 12.8 Å². The summed E-state index contributed by atoms with van der Waals surface area (Å²) >= 11 is 0. The first kappa shape index (κ1) is 10.9. The molecule has 1 aromatic carbocycles. The highest BCUT2D eigenvalue weighted by Gasteiger charge is 2.12. The first-order chi connectivity index (χ1) is 8.86. The number of allylic oxidation sites excluding steroid dienone is 1. The molecule has 0 atom stereocenters. The van der Waals surface area contributed by atoms with E-state index in [1.165, 1.54) is 5.56 Å². The third-order valence-corrected chi connectivity index (χ3v) is 3.24. The van der Waals surface area contributed by atoms with Crippen molar-refractivity contribution in [2.75, 3.05) is 0 Å². The summed E-state index contributed by atoms with van der Waals surface area (Å²) in [5.41, 5.74) is 5.05. The van der Waals surface area contributed by atoms with Crippen molar-refractivity contribution < 1.29 is 4.79 Å². The maximum atomic E-state index is 10.8. The van der Waals surface area contributed by atoms with Crippen molar-refractivity contribution in [3.05, 3.63) is 59.3 Å². The second-order valence-electron chi connectivity index (χ2n) is 4.44. The Kier molecular flexibility index (Phi) is 2.77. The van der Waals surface area contributed by atoms with Gasteiger partial charge in [0, 0.05) is 5.56 Å². The molecule has 18 heavy (non-hydrogen) atoms. The van der Waals surface area contributed by atoms with Crippen LogP contribution in [0.4, 0.5) is 0 Å². The number of rotatable bonds is 2. The fourth-order valence-corrected chi connectivity index (χ4v) is 2.23. The molecule has 0 saturated carbocycles. The minimum absolute atomic E-state index is 0.822. The van der Waals surface area contributed by atoms with Gasteiger partial charge in [-0.25, -0.2) is 4.98 Å². The van der Waals surface area contributed by atoms with Crippen molar-refractivity contribution in [1.29, 1.82) is 0 Å². The van der Waals surface area contributed by atoms with Crippen LogP contribution in [0.25, 0.3) is 17.3 Å². The molecule has 0 radical (unpaired) electrons. The summed E-state index contributed by atoms with van der Waals surface area (Å²) < 4.78 is 0. The molecule has 88 valence electrons. The molecule has 3 rings (SSSR count). The van der Waals surface area contributed by atoms with E-state index in [2.05, 4.69) is 11.1 Å². The van der Waals surface area contributed by atoms with E-state index in [1.54, 1.807) is 0 Å². The quantitative estimate of drug-likeness (QED) is 0.748. The number of hydrogen-bond acceptors (Lipinski definition) is 2. The lowest BCUT2D eigenvalue weighted by molar-refractivity contribution is -0.105. The molecule has 0 unspecified atom stereocenters. The number of fused-ring (bicyclic) bond motifs is 1. The number of benzene rings is 1. The minimum atomic E-state index is 0.822. The summed E-state index contributed by atoms with van der Waals surface area (Å²) in [6, 6.07) is 14.2. The van der Waals surface area contributed by atoms with E-state index in [1.807, 2.05) is 42.5 Å². The van der Waals surface area contributed by atoms with Gasteiger partial charge in [-0.15, -0.1) is 0 Å². The van der Waals surface area contributed by atoms with E-state index < -0.39 is 0 Å². The van der Waals surface area contributed by atoms with Crippen LogP contribution >= 0.6 is 0 Å². The highest BCUT2D eigenvalue weighted by atomic mass is 16.1. The maximum Gasteiger partial charge on any atom is 0.146 e. The van der Waals surface area contributed by atoms with Gasteiger partial charge in [0.15, 0.2) is 0 Å². The molecule has 0 aliphatic heterocycles. The Morgan fingerprint density at radius 1 is 1.00 bits per heavy atom. The fourth-order valence-electron chi connectivity index (χ4n) is 2.23. The number of aromatic nitrogens is 1. The van der Waals surface area contributed by atoms with Gasteiger partial charge in [0.05, 0.1) is 11.4 Å². The maximum absolute atomic E-state index is 10.8. The number of carbonyl (C=O) groups is 1. The van der Waals surface area contributed by atoms with Crippen molar-refractivity contribution in [3.8, 4) is 11.3 Å². The van der Waals surface area contributed by atoms with Crippen LogP contribution in [0, 0.1) is 0 Å². The molecule has 1 aliphatic carbocycles. The van der Waals surface area contributed by atoms with Crippen LogP contribution in [0.2, 0.25) is 0 Å².